The van der Waals surface area contributed by atoms with Crippen LogP contribution in [0.3, 0.4) is 0 Å². The zero-order valence-corrected chi connectivity index (χ0v) is 34.6. The first kappa shape index (κ1) is 48.5. The molecule has 358 valence electrons. The van der Waals surface area contributed by atoms with E-state index in [0.717, 1.165) is 12.1 Å². The third-order valence-electron chi connectivity index (χ3n) is 11.1. The number of ether oxygens (including phenoxy) is 8. The van der Waals surface area contributed by atoms with Crippen LogP contribution >= 0.6 is 0 Å². The molecule has 3 fully saturated rings. The van der Waals surface area contributed by atoms with Crippen LogP contribution in [-0.2, 0) is 28.5 Å². The Morgan fingerprint density at radius 2 is 1.24 bits per heavy atom. The summed E-state index contributed by atoms with van der Waals surface area (Å²) in [5, 5.41) is 137. The average Bonchev–Trinajstić information content (AvgIpc) is 3.30. The fraction of sp³-hybridized carbons (Fsp3) is 0.442. The molecule has 0 bridgehead atoms. The maximum atomic E-state index is 12.6. The molecular formula is C43H49O23+. The van der Waals surface area contributed by atoms with E-state index in [2.05, 4.69) is 0 Å². The first-order valence-corrected chi connectivity index (χ1v) is 20.3. The molecule has 23 nitrogen and oxygen atoms in total. The highest BCUT2D eigenvalue weighted by atomic mass is 16.8. The molecule has 0 spiro atoms. The number of phenols is 3. The predicted octanol–water partition coefficient (Wildman–Crippen LogP) is -2.05. The Morgan fingerprint density at radius 1 is 0.636 bits per heavy atom. The molecule has 4 aromatic rings. The van der Waals surface area contributed by atoms with Gasteiger partial charge in [0.1, 0.15) is 96.4 Å². The lowest BCUT2D eigenvalue weighted by molar-refractivity contribution is -0.358. The van der Waals surface area contributed by atoms with Crippen LogP contribution in [-0.4, -0.2) is 191 Å². The summed E-state index contributed by atoms with van der Waals surface area (Å²) in [6, 6.07) is 13.2. The van der Waals surface area contributed by atoms with Crippen molar-refractivity contribution < 1.29 is 113 Å². The van der Waals surface area contributed by atoms with Crippen molar-refractivity contribution in [3.05, 3.63) is 72.3 Å². The number of aliphatic hydroxyl groups excluding tert-OH is 10. The molecule has 0 saturated carbocycles. The number of rotatable bonds is 14. The summed E-state index contributed by atoms with van der Waals surface area (Å²) in [6.07, 6.45) is -24.7. The topological polar surface area (TPSA) is 365 Å². The van der Waals surface area contributed by atoms with Crippen LogP contribution < -0.4 is 14.2 Å². The molecule has 0 amide bonds. The lowest BCUT2D eigenvalue weighted by Crippen LogP contribution is -2.65. The van der Waals surface area contributed by atoms with E-state index in [4.69, 9.17) is 42.3 Å². The quantitative estimate of drug-likeness (QED) is 0.0368. The second kappa shape index (κ2) is 20.6. The molecule has 7 rings (SSSR count). The van der Waals surface area contributed by atoms with Gasteiger partial charge < -0.3 is 104 Å². The zero-order valence-electron chi connectivity index (χ0n) is 34.6. The number of methoxy groups -OCH3 is 1. The summed E-state index contributed by atoms with van der Waals surface area (Å²) >= 11 is 0. The van der Waals surface area contributed by atoms with E-state index >= 15 is 0 Å². The van der Waals surface area contributed by atoms with E-state index in [1.807, 2.05) is 0 Å². The van der Waals surface area contributed by atoms with E-state index in [1.165, 1.54) is 67.8 Å². The molecule has 0 radical (unpaired) electrons. The molecule has 4 heterocycles. The first-order chi connectivity index (χ1) is 31.5. The van der Waals surface area contributed by atoms with Crippen molar-refractivity contribution in [1.29, 1.82) is 0 Å². The van der Waals surface area contributed by atoms with Gasteiger partial charge in [-0.15, -0.1) is 0 Å². The van der Waals surface area contributed by atoms with Crippen LogP contribution in [0.25, 0.3) is 28.4 Å². The van der Waals surface area contributed by atoms with E-state index in [0.29, 0.717) is 5.56 Å². The number of fused-ring (bicyclic) bond motifs is 1. The van der Waals surface area contributed by atoms with Gasteiger partial charge in [-0.2, -0.15) is 0 Å². The van der Waals surface area contributed by atoms with Crippen molar-refractivity contribution in [3.63, 3.8) is 0 Å². The Kier molecular flexibility index (Phi) is 15.1. The molecule has 15 unspecified atom stereocenters. The summed E-state index contributed by atoms with van der Waals surface area (Å²) in [7, 11) is 1.34. The Balaban J connectivity index is 1.18. The van der Waals surface area contributed by atoms with Crippen LogP contribution in [0.2, 0.25) is 0 Å². The third kappa shape index (κ3) is 10.2. The standard InChI is InChI=1S/C43H48O23/c1-58-25-10-17(2-8-22(25)48)3-9-30(49)59-16-29-33(52)35(54)38(57)42(65-29)66-40-36(55)32(51)28(15-45)64-43(40)62-26-13-21-23(60-39(26)18-4-6-19(46)7-5-18)11-20(47)12-24(21)61-41-37(56)34(53)31(50)27(14-44)63-41/h2-13,27-29,31-38,40-45,50-57H,14-16H2,1H3,(H2-,46,47,48,49)/p+1. The van der Waals surface area contributed by atoms with Crippen molar-refractivity contribution >= 4 is 23.0 Å². The smallest absolute Gasteiger partial charge is 0.402 e. The highest BCUT2D eigenvalue weighted by Crippen LogP contribution is 2.43. The van der Waals surface area contributed by atoms with Gasteiger partial charge in [0.25, 0.3) is 0 Å². The Morgan fingerprint density at radius 3 is 1.91 bits per heavy atom. The summed E-state index contributed by atoms with van der Waals surface area (Å²) in [6.45, 7) is -2.35. The minimum atomic E-state index is -2.05. The molecule has 0 aliphatic carbocycles. The second-order valence-corrected chi connectivity index (χ2v) is 15.5. The average molecular weight is 934 g/mol. The Labute approximate surface area is 373 Å². The Hall–Kier alpha value is -5.48. The van der Waals surface area contributed by atoms with Crippen LogP contribution in [0.1, 0.15) is 5.56 Å². The fourth-order valence-corrected chi connectivity index (χ4v) is 7.38. The van der Waals surface area contributed by atoms with Crippen molar-refractivity contribution in [2.75, 3.05) is 26.9 Å². The number of carbonyl (C=O) groups excluding carboxylic acids is 1. The van der Waals surface area contributed by atoms with E-state index in [9.17, 15) is 71.2 Å². The largest absolute Gasteiger partial charge is 0.508 e. The summed E-state index contributed by atoms with van der Waals surface area (Å²) in [4.78, 5) is 12.6. The van der Waals surface area contributed by atoms with Crippen LogP contribution in [0, 0.1) is 0 Å². The molecule has 13 N–H and O–H groups in total. The molecule has 23 heteroatoms. The monoisotopic (exact) mass is 933 g/mol. The highest BCUT2D eigenvalue weighted by molar-refractivity contribution is 5.89. The van der Waals surface area contributed by atoms with E-state index in [-0.39, 0.29) is 51.0 Å². The van der Waals surface area contributed by atoms with Gasteiger partial charge in [0.2, 0.25) is 18.3 Å². The van der Waals surface area contributed by atoms with Gasteiger partial charge in [-0.1, -0.05) is 6.07 Å². The molecule has 3 saturated heterocycles. The van der Waals surface area contributed by atoms with Gasteiger partial charge >= 0.3 is 17.3 Å². The van der Waals surface area contributed by atoms with Gasteiger partial charge in [0.05, 0.1) is 32.0 Å². The lowest BCUT2D eigenvalue weighted by atomic mass is 9.97. The van der Waals surface area contributed by atoms with Gasteiger partial charge in [-0.05, 0) is 48.0 Å². The second-order valence-electron chi connectivity index (χ2n) is 15.5. The van der Waals surface area contributed by atoms with E-state index in [1.54, 1.807) is 0 Å². The van der Waals surface area contributed by atoms with Gasteiger partial charge in [0.15, 0.2) is 23.9 Å². The minimum Gasteiger partial charge on any atom is -0.508 e. The van der Waals surface area contributed by atoms with Crippen molar-refractivity contribution in [2.45, 2.75) is 92.1 Å². The number of aliphatic hydroxyl groups is 10. The maximum Gasteiger partial charge on any atom is 0.402 e. The summed E-state index contributed by atoms with van der Waals surface area (Å²) in [5.41, 5.74) is 0.585. The van der Waals surface area contributed by atoms with Gasteiger partial charge in [0, 0.05) is 18.2 Å². The number of esters is 1. The number of hydrogen-bond donors (Lipinski definition) is 13. The van der Waals surface area contributed by atoms with E-state index < -0.39 is 124 Å². The minimum absolute atomic E-state index is 0.0203. The molecule has 3 aromatic carbocycles. The zero-order chi connectivity index (χ0) is 47.6. The fourth-order valence-electron chi connectivity index (χ4n) is 7.38. The molecule has 3 aliphatic heterocycles. The maximum absolute atomic E-state index is 12.6. The molecule has 66 heavy (non-hydrogen) atoms. The SMILES string of the molecule is COc1cc(C=CC(=O)OCC2OC(OC3C(Oc4cc5c(OC6OC(CO)C(O)C(O)C6O)cc(O)cc5[o+]c4-c4ccc(O)cc4)OC(CO)C(O)C3O)C(O)C(O)C2O)ccc1O. The van der Waals surface area contributed by atoms with Crippen LogP contribution in [0.15, 0.2) is 71.2 Å². The van der Waals surface area contributed by atoms with Crippen molar-refractivity contribution in [3.8, 4) is 45.8 Å². The number of benzene rings is 3. The summed E-state index contributed by atoms with van der Waals surface area (Å²) in [5.74, 6) is -2.17. The van der Waals surface area contributed by atoms with Crippen LogP contribution in [0.5, 0.6) is 34.5 Å². The van der Waals surface area contributed by atoms with Crippen LogP contribution in [0.4, 0.5) is 0 Å². The normalized spacial score (nSPS) is 32.6. The molecule has 1 aromatic heterocycles. The van der Waals surface area contributed by atoms with Gasteiger partial charge in [-0.25, -0.2) is 9.21 Å². The number of carbonyl (C=O) groups is 1. The summed E-state index contributed by atoms with van der Waals surface area (Å²) < 4.78 is 51.6. The lowest BCUT2D eigenvalue weighted by Gasteiger charge is -2.45. The first-order valence-electron chi connectivity index (χ1n) is 20.3. The number of phenolic OH excluding ortho intramolecular Hbond substituents is 3. The van der Waals surface area contributed by atoms with Crippen molar-refractivity contribution in [2.24, 2.45) is 0 Å². The predicted molar refractivity (Wildman–Crippen MR) is 218 cm³/mol. The molecular weight excluding hydrogens is 884 g/mol. The number of aromatic hydroxyl groups is 3. The Bertz CT molecular complexity index is 2330. The number of hydrogen-bond acceptors (Lipinski definition) is 22. The third-order valence-corrected chi connectivity index (χ3v) is 11.1. The van der Waals surface area contributed by atoms with Gasteiger partial charge in [-0.3, -0.25) is 0 Å². The molecule has 15 atom stereocenters. The van der Waals surface area contributed by atoms with Crippen molar-refractivity contribution in [1.82, 2.24) is 0 Å². The molecule has 3 aliphatic rings. The highest BCUT2D eigenvalue weighted by Gasteiger charge is 2.52.